The third-order valence-corrected chi connectivity index (χ3v) is 20.4. The van der Waals surface area contributed by atoms with Crippen molar-refractivity contribution >= 4 is 145 Å². The van der Waals surface area contributed by atoms with Gasteiger partial charge in [0.2, 0.25) is 70.9 Å². The lowest BCUT2D eigenvalue weighted by Crippen LogP contribution is -2.60. The van der Waals surface area contributed by atoms with Crippen LogP contribution >= 0.6 is 21.6 Å². The molecule has 2 unspecified atom stereocenters. The van der Waals surface area contributed by atoms with Gasteiger partial charge in [-0.15, -0.1) is 0 Å². The Morgan fingerprint density at radius 3 is 1.20 bits per heavy atom. The van der Waals surface area contributed by atoms with Gasteiger partial charge in [0.05, 0.1) is 45.1 Å². The van der Waals surface area contributed by atoms with Gasteiger partial charge in [-0.3, -0.25) is 91.7 Å². The molecule has 1 heterocycles. The zero-order chi connectivity index (χ0) is 88.5. The summed E-state index contributed by atoms with van der Waals surface area (Å²) in [5, 5.41) is 95.8. The van der Waals surface area contributed by atoms with E-state index in [-0.39, 0.29) is 76.1 Å². The molecule has 0 saturated carbocycles. The first-order valence-corrected chi connectivity index (χ1v) is 40.4. The molecular formula is C80H95N15O24S2. The highest BCUT2D eigenvalue weighted by atomic mass is 33.1. The van der Waals surface area contributed by atoms with Crippen LogP contribution in [-0.4, -0.2) is 229 Å². The maximum Gasteiger partial charge on any atom is 0.305 e. The molecule has 5 aromatic rings. The van der Waals surface area contributed by atoms with Gasteiger partial charge in [0, 0.05) is 50.4 Å². The van der Waals surface area contributed by atoms with Crippen molar-refractivity contribution < 1.29 is 117 Å². The Labute approximate surface area is 700 Å². The molecular weight excluding hydrogens is 1620 g/mol. The lowest BCUT2D eigenvalue weighted by molar-refractivity contribution is -0.145. The largest absolute Gasteiger partial charge is 0.481 e. The average molecular weight is 1710 g/mol. The van der Waals surface area contributed by atoms with E-state index in [0.29, 0.717) is 11.3 Å². The van der Waals surface area contributed by atoms with Crippen LogP contribution in [0, 0.1) is 5.41 Å². The van der Waals surface area contributed by atoms with Crippen molar-refractivity contribution in [2.45, 2.75) is 151 Å². The van der Waals surface area contributed by atoms with Crippen molar-refractivity contribution in [1.82, 2.24) is 69.1 Å². The number of nitrogens with two attached hydrogens (primary N) is 1. The Kier molecular flexibility index (Phi) is 39.8. The summed E-state index contributed by atoms with van der Waals surface area (Å²) in [5.41, 5.74) is 12.8. The van der Waals surface area contributed by atoms with E-state index in [9.17, 15) is 117 Å². The van der Waals surface area contributed by atoms with E-state index in [2.05, 4.69) is 84.2 Å². The van der Waals surface area contributed by atoms with Gasteiger partial charge in [0.25, 0.3) is 0 Å². The van der Waals surface area contributed by atoms with Crippen LogP contribution in [0.5, 0.6) is 0 Å². The van der Waals surface area contributed by atoms with Gasteiger partial charge < -0.3 is 105 Å². The minimum Gasteiger partial charge on any atom is -0.481 e. The molecule has 39 nitrogen and oxygen atoms in total. The second-order valence-corrected chi connectivity index (χ2v) is 30.1. The summed E-state index contributed by atoms with van der Waals surface area (Å²) in [4.78, 5) is 236. The van der Waals surface area contributed by atoms with Gasteiger partial charge in [0.15, 0.2) is 5.96 Å². The summed E-state index contributed by atoms with van der Waals surface area (Å²) in [6.45, 7) is -0.951. The minimum absolute atomic E-state index is 0.0266. The number of benzene rings is 5. The molecule has 1 aliphatic rings. The van der Waals surface area contributed by atoms with Crippen LogP contribution in [0.15, 0.2) is 146 Å². The predicted octanol–water partition coefficient (Wildman–Crippen LogP) is -0.395. The Balaban J connectivity index is 1.03. The first-order chi connectivity index (χ1) is 57.7. The highest BCUT2D eigenvalue weighted by Crippen LogP contribution is 2.37. The molecule has 646 valence electrons. The quantitative estimate of drug-likeness (QED) is 0.00775. The molecule has 5 aromatic carbocycles. The molecule has 1 fully saturated rings. The van der Waals surface area contributed by atoms with Gasteiger partial charge in [-0.25, -0.2) is 0 Å². The first-order valence-electron chi connectivity index (χ1n) is 37.9. The van der Waals surface area contributed by atoms with Gasteiger partial charge in [-0.05, 0) is 76.6 Å². The van der Waals surface area contributed by atoms with Crippen molar-refractivity contribution in [3.8, 4) is 0 Å². The number of hydrogen-bond donors (Lipinski definition) is 21. The van der Waals surface area contributed by atoms with Crippen molar-refractivity contribution in [3.63, 3.8) is 0 Å². The number of guanidine groups is 1. The van der Waals surface area contributed by atoms with Crippen LogP contribution in [0.1, 0.15) is 117 Å². The maximum atomic E-state index is 14.3. The molecule has 12 amide bonds. The molecule has 1 aliphatic heterocycles. The predicted molar refractivity (Wildman–Crippen MR) is 437 cm³/mol. The minimum atomic E-state index is -2.36. The van der Waals surface area contributed by atoms with Crippen LogP contribution < -0.4 is 74.9 Å². The number of nitrogens with one attached hydrogen (secondary N) is 14. The number of unbranched alkanes of at least 4 members (excludes halogenated alkanes) is 1. The van der Waals surface area contributed by atoms with Crippen LogP contribution in [-0.2, 0) is 99.3 Å². The SMILES string of the molecule is N=C(N)NCCCC1NC(=O)C(CCCCNC(=O)[C@H](CC(=O)O)NC(=O)[C@H](CC(=O)O)NC(=O)[C@H](CC(=O)O)NC(=O)[C@H](CC(=O)O)NC(=O)[C@H](CC(=O)O)NC(=O)CCSSCCC(=O)NCc2ccc(C(=C(c3ccccc3)c3ccccc3)c3ccccc3)cc2)NC(=O)[C@@H](Cc2ccccc2)NC(=O)[C@H](CC(=O)O)NC(=O)CNC1=O. The number of carbonyl (C=O) groups excluding carboxylic acids is 12. The molecule has 41 heteroatoms. The summed E-state index contributed by atoms with van der Waals surface area (Å²) in [6, 6.07) is 28.8. The number of rotatable bonds is 46. The molecule has 0 spiro atoms. The fraction of sp³-hybridized carbons (Fsp3) is 0.362. The lowest BCUT2D eigenvalue weighted by atomic mass is 9.85. The number of aliphatic carboxylic acids is 6. The fourth-order valence-electron chi connectivity index (χ4n) is 12.1. The van der Waals surface area contributed by atoms with E-state index < -0.39 is 213 Å². The topological polar surface area (TPSA) is 635 Å². The van der Waals surface area contributed by atoms with Crippen LogP contribution in [0.4, 0.5) is 0 Å². The van der Waals surface area contributed by atoms with Crippen molar-refractivity contribution in [1.29, 1.82) is 5.41 Å². The van der Waals surface area contributed by atoms with Gasteiger partial charge in [-0.2, -0.15) is 0 Å². The van der Waals surface area contributed by atoms with E-state index in [1.807, 2.05) is 100 Å². The highest BCUT2D eigenvalue weighted by Gasteiger charge is 2.38. The van der Waals surface area contributed by atoms with Gasteiger partial charge >= 0.3 is 35.8 Å². The smallest absolute Gasteiger partial charge is 0.305 e. The normalized spacial score (nSPS) is 16.0. The molecule has 121 heavy (non-hydrogen) atoms. The van der Waals surface area contributed by atoms with E-state index in [0.717, 1.165) is 39.0 Å². The third-order valence-electron chi connectivity index (χ3n) is 18.0. The summed E-state index contributed by atoms with van der Waals surface area (Å²) in [6.07, 6.45) is -8.49. The monoisotopic (exact) mass is 1710 g/mol. The molecule has 1 saturated heterocycles. The van der Waals surface area contributed by atoms with Crippen molar-refractivity contribution in [3.05, 3.63) is 179 Å². The summed E-state index contributed by atoms with van der Waals surface area (Å²) in [7, 11) is 2.41. The van der Waals surface area contributed by atoms with E-state index in [1.165, 1.54) is 21.6 Å². The Hall–Kier alpha value is -13.7. The van der Waals surface area contributed by atoms with E-state index >= 15 is 0 Å². The van der Waals surface area contributed by atoms with Crippen molar-refractivity contribution in [2.24, 2.45) is 5.73 Å². The third kappa shape index (κ3) is 34.8. The molecule has 0 aromatic heterocycles. The Morgan fingerprint density at radius 1 is 0.388 bits per heavy atom. The molecule has 9 atom stereocenters. The maximum absolute atomic E-state index is 14.3. The summed E-state index contributed by atoms with van der Waals surface area (Å²) < 4.78 is 0. The standard InChI is InChI=1S/C80H95N15O24S2/c81-80(82)84-33-15-25-51-71(111)86-44-62(98)88-56(39-65(103)104)76(116)91-53(36-45-16-5-1-6-17-45)74(114)90-52(73(113)89-51)24-13-14-32-83-72(112)54(37-63(99)100)92-77(117)57(40-66(105)106)94-79(119)59(42-68(109)110)95-78(118)58(41-67(107)108)93-75(115)55(38-64(101)102)87-61(97)31-35-121-120-34-30-60(96)85-43-46-26-28-50(29-27-46)70(49-22-11-4-12-23-49)69(47-18-7-2-8-19-47)48-20-9-3-10-21-48/h1-12,16-23,26-29,51-59H,13-15,24-25,30-44H2,(H,83,112)(H,85,96)(H,86,111)(H,87,97)(H,88,98)(H,89,113)(H,90,114)(H,91,116)(H,92,117)(H,93,115)(H,94,119)(H,95,118)(H,99,100)(H,101,102)(H,103,104)(H,105,106)(H,107,108)(H,109,110)(H4,81,82,84)/t51?,52?,53-,54+,55+,56+,57+,58+,59+/m1/s1. The number of carboxylic acids is 6. The first kappa shape index (κ1) is 96.1. The second kappa shape index (κ2) is 50.1. The molecule has 0 aliphatic carbocycles. The molecule has 0 radical (unpaired) electrons. The Bertz CT molecular complexity index is 4510. The highest BCUT2D eigenvalue weighted by molar-refractivity contribution is 8.76. The van der Waals surface area contributed by atoms with E-state index in [4.69, 9.17) is 11.1 Å². The fourth-order valence-corrected chi connectivity index (χ4v) is 14.1. The zero-order valence-corrected chi connectivity index (χ0v) is 66.8. The van der Waals surface area contributed by atoms with Gasteiger partial charge in [-0.1, -0.05) is 167 Å². The Morgan fingerprint density at radius 2 is 0.760 bits per heavy atom. The van der Waals surface area contributed by atoms with Crippen molar-refractivity contribution in [2.75, 3.05) is 31.1 Å². The second-order valence-electron chi connectivity index (χ2n) is 27.4. The van der Waals surface area contributed by atoms with Crippen LogP contribution in [0.25, 0.3) is 11.1 Å². The molecule has 6 rings (SSSR count). The van der Waals surface area contributed by atoms with Crippen LogP contribution in [0.3, 0.4) is 0 Å². The van der Waals surface area contributed by atoms with Gasteiger partial charge in [0.1, 0.15) is 54.4 Å². The molecule has 0 bridgehead atoms. The van der Waals surface area contributed by atoms with E-state index in [1.54, 1.807) is 30.3 Å². The number of hydrogen-bond acceptors (Lipinski definition) is 21. The lowest BCUT2D eigenvalue weighted by Gasteiger charge is -2.26. The number of amides is 12. The number of carbonyl (C=O) groups is 18. The summed E-state index contributed by atoms with van der Waals surface area (Å²) >= 11 is 0. The van der Waals surface area contributed by atoms with Crippen LogP contribution in [0.2, 0.25) is 0 Å². The average Bonchev–Trinajstić information content (AvgIpc) is 0.831. The summed E-state index contributed by atoms with van der Waals surface area (Å²) in [5.74, 6) is -24.2. The number of carboxylic acid groups (broad SMARTS) is 6. The molecule has 22 N–H and O–H groups in total. The zero-order valence-electron chi connectivity index (χ0n) is 65.1.